The van der Waals surface area contributed by atoms with Gasteiger partial charge in [-0.25, -0.2) is 4.98 Å². The van der Waals surface area contributed by atoms with Crippen LogP contribution in [0.25, 0.3) is 0 Å². The van der Waals surface area contributed by atoms with Crippen molar-refractivity contribution in [1.82, 2.24) is 20.2 Å². The number of aromatic nitrogens is 2. The number of amides is 1. The van der Waals surface area contributed by atoms with Crippen molar-refractivity contribution in [3.8, 4) is 0 Å². The molecule has 2 rings (SSSR count). The van der Waals surface area contributed by atoms with E-state index < -0.39 is 0 Å². The van der Waals surface area contributed by atoms with Crippen LogP contribution in [0.1, 0.15) is 50.5 Å². The monoisotopic (exact) mass is 312 g/mol. The van der Waals surface area contributed by atoms with E-state index in [2.05, 4.69) is 22.2 Å². The van der Waals surface area contributed by atoms with Crippen molar-refractivity contribution in [2.45, 2.75) is 52.0 Å². The molecule has 0 saturated carbocycles. The molecular formula is C15H25ClN4O. The van der Waals surface area contributed by atoms with E-state index >= 15 is 0 Å². The van der Waals surface area contributed by atoms with Crippen molar-refractivity contribution >= 4 is 17.5 Å². The van der Waals surface area contributed by atoms with Crippen LogP contribution in [0.3, 0.4) is 0 Å². The van der Waals surface area contributed by atoms with Gasteiger partial charge < -0.3 is 15.2 Å². The Labute approximate surface area is 131 Å². The summed E-state index contributed by atoms with van der Waals surface area (Å²) >= 11 is 6.11. The average molecular weight is 313 g/mol. The fourth-order valence-electron chi connectivity index (χ4n) is 2.57. The maximum Gasteiger partial charge on any atom is 0.236 e. The molecule has 1 saturated heterocycles. The van der Waals surface area contributed by atoms with E-state index in [1.54, 1.807) is 0 Å². The zero-order valence-electron chi connectivity index (χ0n) is 12.8. The highest BCUT2D eigenvalue weighted by Gasteiger charge is 2.16. The smallest absolute Gasteiger partial charge is 0.236 e. The second-order valence-corrected chi connectivity index (χ2v) is 5.96. The summed E-state index contributed by atoms with van der Waals surface area (Å²) in [5.74, 6) is 1.11. The largest absolute Gasteiger partial charge is 0.344 e. The summed E-state index contributed by atoms with van der Waals surface area (Å²) < 4.78 is 0. The Morgan fingerprint density at radius 3 is 2.86 bits per heavy atom. The number of carbonyl (C=O) groups excluding carboxylic acids is 1. The number of hydrogen-bond donors (Lipinski definition) is 2. The van der Waals surface area contributed by atoms with Gasteiger partial charge in [-0.2, -0.15) is 0 Å². The van der Waals surface area contributed by atoms with Crippen molar-refractivity contribution in [1.29, 1.82) is 0 Å². The second kappa shape index (κ2) is 8.39. The molecule has 0 aromatic carbocycles. The van der Waals surface area contributed by atoms with Crippen LogP contribution in [-0.2, 0) is 17.8 Å². The van der Waals surface area contributed by atoms with E-state index in [0.717, 1.165) is 56.7 Å². The number of rotatable bonds is 7. The Hall–Kier alpha value is -1.07. The van der Waals surface area contributed by atoms with Crippen LogP contribution in [-0.4, -0.2) is 40.4 Å². The minimum Gasteiger partial charge on any atom is -0.344 e. The summed E-state index contributed by atoms with van der Waals surface area (Å²) in [7, 11) is 0. The van der Waals surface area contributed by atoms with E-state index in [0.29, 0.717) is 18.2 Å². The number of H-pyrrole nitrogens is 1. The lowest BCUT2D eigenvalue weighted by atomic mass is 10.1. The van der Waals surface area contributed by atoms with E-state index in [1.165, 1.54) is 6.42 Å². The van der Waals surface area contributed by atoms with Gasteiger partial charge in [0.05, 0.1) is 12.2 Å². The van der Waals surface area contributed by atoms with Crippen LogP contribution in [0.4, 0.5) is 0 Å². The molecule has 0 atom stereocenters. The summed E-state index contributed by atoms with van der Waals surface area (Å²) in [6.45, 7) is 4.86. The number of aryl methyl sites for hydroxylation is 1. The Morgan fingerprint density at radius 2 is 2.14 bits per heavy atom. The Balaban J connectivity index is 1.74. The van der Waals surface area contributed by atoms with Crippen molar-refractivity contribution in [3.05, 3.63) is 16.7 Å². The molecular weight excluding hydrogens is 288 g/mol. The normalized spacial score (nSPS) is 15.4. The molecule has 1 fully saturated rings. The molecule has 1 amide bonds. The molecule has 21 heavy (non-hydrogen) atoms. The third kappa shape index (κ3) is 5.00. The van der Waals surface area contributed by atoms with E-state index in [4.69, 9.17) is 11.6 Å². The first-order valence-electron chi connectivity index (χ1n) is 7.92. The number of nitrogens with one attached hydrogen (secondary N) is 2. The molecule has 6 heteroatoms. The third-order valence-corrected chi connectivity index (χ3v) is 4.14. The van der Waals surface area contributed by atoms with Crippen molar-refractivity contribution in [3.63, 3.8) is 0 Å². The topological polar surface area (TPSA) is 61.0 Å². The molecule has 0 unspecified atom stereocenters. The summed E-state index contributed by atoms with van der Waals surface area (Å²) in [6, 6.07) is 0. The van der Waals surface area contributed by atoms with Gasteiger partial charge in [-0.1, -0.05) is 24.9 Å². The number of carbonyl (C=O) groups is 1. The lowest BCUT2D eigenvalue weighted by Crippen LogP contribution is -2.41. The van der Waals surface area contributed by atoms with Crippen LogP contribution in [0, 0.1) is 0 Å². The number of likely N-dealkylation sites (tertiary alicyclic amines) is 1. The van der Waals surface area contributed by atoms with E-state index in [-0.39, 0.29) is 5.91 Å². The first kappa shape index (κ1) is 16.3. The molecule has 2 N–H and O–H groups in total. The number of nitrogens with zero attached hydrogens (tertiary/aromatic N) is 2. The van der Waals surface area contributed by atoms with Gasteiger partial charge in [0, 0.05) is 26.1 Å². The quantitative estimate of drug-likeness (QED) is 0.813. The van der Waals surface area contributed by atoms with Gasteiger partial charge in [0.2, 0.25) is 5.91 Å². The van der Waals surface area contributed by atoms with Crippen molar-refractivity contribution in [2.24, 2.45) is 0 Å². The molecule has 0 aliphatic carbocycles. The summed E-state index contributed by atoms with van der Waals surface area (Å²) in [6.07, 6.45) is 6.64. The lowest BCUT2D eigenvalue weighted by molar-refractivity contribution is -0.131. The zero-order chi connectivity index (χ0) is 15.1. The second-order valence-electron chi connectivity index (χ2n) is 5.60. The highest BCUT2D eigenvalue weighted by atomic mass is 35.5. The average Bonchev–Trinajstić information content (AvgIpc) is 2.86. The minimum absolute atomic E-state index is 0.177. The van der Waals surface area contributed by atoms with Gasteiger partial charge in [0.15, 0.2) is 5.15 Å². The maximum atomic E-state index is 12.0. The van der Waals surface area contributed by atoms with Gasteiger partial charge in [-0.15, -0.1) is 0 Å². The number of piperidine rings is 1. The fraction of sp³-hybridized carbons (Fsp3) is 0.733. The van der Waals surface area contributed by atoms with Crippen molar-refractivity contribution in [2.75, 3.05) is 19.6 Å². The maximum absolute atomic E-state index is 12.0. The van der Waals surface area contributed by atoms with E-state index in [1.807, 2.05) is 4.90 Å². The number of imidazole rings is 1. The standard InChI is InChI=1S/C15H25ClN4O/c1-2-3-7-13-18-12(15(16)19-13)10-17-11-14(21)20-8-5-4-6-9-20/h17H,2-11H2,1H3,(H,18,19). The molecule has 118 valence electrons. The number of halogens is 1. The molecule has 1 aromatic rings. The number of unbranched alkanes of at least 4 members (excludes halogenated alkanes) is 1. The fourth-order valence-corrected chi connectivity index (χ4v) is 2.79. The number of aromatic amines is 1. The molecule has 0 spiro atoms. The van der Waals surface area contributed by atoms with Gasteiger partial charge in [-0.3, -0.25) is 4.79 Å². The Bertz CT molecular complexity index is 455. The van der Waals surface area contributed by atoms with Crippen LogP contribution >= 0.6 is 11.6 Å². The zero-order valence-corrected chi connectivity index (χ0v) is 13.5. The van der Waals surface area contributed by atoms with Crippen LogP contribution < -0.4 is 5.32 Å². The molecule has 1 aliphatic heterocycles. The highest BCUT2D eigenvalue weighted by molar-refractivity contribution is 6.30. The highest BCUT2D eigenvalue weighted by Crippen LogP contribution is 2.14. The molecule has 0 bridgehead atoms. The molecule has 2 heterocycles. The molecule has 1 aliphatic rings. The minimum atomic E-state index is 0.177. The van der Waals surface area contributed by atoms with Crippen LogP contribution in [0.15, 0.2) is 0 Å². The predicted molar refractivity (Wildman–Crippen MR) is 84.3 cm³/mol. The summed E-state index contributed by atoms with van der Waals surface area (Å²) in [4.78, 5) is 21.5. The predicted octanol–water partition coefficient (Wildman–Crippen LogP) is 2.51. The molecule has 5 nitrogen and oxygen atoms in total. The van der Waals surface area contributed by atoms with Crippen LogP contribution in [0.2, 0.25) is 5.15 Å². The van der Waals surface area contributed by atoms with Gasteiger partial charge in [0.1, 0.15) is 5.82 Å². The van der Waals surface area contributed by atoms with Gasteiger partial charge >= 0.3 is 0 Å². The summed E-state index contributed by atoms with van der Waals surface area (Å²) in [5, 5.41) is 3.68. The van der Waals surface area contributed by atoms with Crippen LogP contribution in [0.5, 0.6) is 0 Å². The van der Waals surface area contributed by atoms with Gasteiger partial charge in [-0.05, 0) is 25.7 Å². The molecule has 1 aromatic heterocycles. The Kier molecular flexibility index (Phi) is 6.51. The number of hydrogen-bond acceptors (Lipinski definition) is 3. The SMILES string of the molecule is CCCCc1nc(Cl)c(CNCC(=O)N2CCCCC2)[nH]1. The Morgan fingerprint density at radius 1 is 1.38 bits per heavy atom. The summed E-state index contributed by atoms with van der Waals surface area (Å²) in [5.41, 5.74) is 0.870. The van der Waals surface area contributed by atoms with E-state index in [9.17, 15) is 4.79 Å². The van der Waals surface area contributed by atoms with Gasteiger partial charge in [0.25, 0.3) is 0 Å². The first-order chi connectivity index (χ1) is 10.2. The molecule has 0 radical (unpaired) electrons. The first-order valence-corrected chi connectivity index (χ1v) is 8.30. The lowest BCUT2D eigenvalue weighted by Gasteiger charge is -2.26. The third-order valence-electron chi connectivity index (χ3n) is 3.83. The van der Waals surface area contributed by atoms with Crippen molar-refractivity contribution < 1.29 is 4.79 Å².